The number of imide groups is 1. The van der Waals surface area contributed by atoms with Crippen LogP contribution in [0.5, 0.6) is 5.75 Å². The van der Waals surface area contributed by atoms with Crippen LogP contribution in [0.3, 0.4) is 0 Å². The summed E-state index contributed by atoms with van der Waals surface area (Å²) in [6.45, 7) is 6.43. The number of carbonyl (C=O) groups excluding carboxylic acids is 5. The van der Waals surface area contributed by atoms with Crippen LogP contribution >= 0.6 is 0 Å². The fraction of sp³-hybridized carbons (Fsp3) is 0.577. The maximum absolute atomic E-state index is 13.6. The van der Waals surface area contributed by atoms with Crippen molar-refractivity contribution in [1.29, 1.82) is 0 Å². The summed E-state index contributed by atoms with van der Waals surface area (Å²) in [5.41, 5.74) is -1.03. The Hall–Kier alpha value is -3.23. The summed E-state index contributed by atoms with van der Waals surface area (Å²) < 4.78 is 11.6. The number of ketones is 2. The van der Waals surface area contributed by atoms with Gasteiger partial charge in [0.1, 0.15) is 17.5 Å². The molecule has 35 heavy (non-hydrogen) atoms. The largest absolute Gasteiger partial charge is 0.490 e. The van der Waals surface area contributed by atoms with E-state index in [1.807, 2.05) is 20.8 Å². The average Bonchev–Trinajstić information content (AvgIpc) is 3.54. The standard InChI is InChI=1S/C26H30N2O7/c1-25(2,3)35-24(33)28-11-9-14(10-12-28)34-18-6-4-5-15-20(18)21(30)17-13-26(17,22(15)31)16-7-8-19(29)27-23(16)32/h4-6,14,16-17H,7-13H2,1-3H3,(H,27,29,32). The van der Waals surface area contributed by atoms with Gasteiger partial charge in [-0.3, -0.25) is 24.5 Å². The Morgan fingerprint density at radius 3 is 2.43 bits per heavy atom. The Labute approximate surface area is 203 Å². The number of fused-ring (bicyclic) bond motifs is 2. The molecule has 2 aliphatic heterocycles. The fourth-order valence-electron chi connectivity index (χ4n) is 5.74. The Morgan fingerprint density at radius 1 is 1.06 bits per heavy atom. The number of ether oxygens (including phenoxy) is 2. The highest BCUT2D eigenvalue weighted by atomic mass is 16.6. The molecule has 0 aromatic heterocycles. The van der Waals surface area contributed by atoms with Crippen LogP contribution in [0, 0.1) is 17.3 Å². The van der Waals surface area contributed by atoms with Crippen molar-refractivity contribution in [3.05, 3.63) is 29.3 Å². The zero-order chi connectivity index (χ0) is 25.1. The zero-order valence-electron chi connectivity index (χ0n) is 20.2. The van der Waals surface area contributed by atoms with E-state index in [0.717, 1.165) is 0 Å². The molecule has 5 rings (SSSR count). The van der Waals surface area contributed by atoms with Gasteiger partial charge in [-0.05, 0) is 39.7 Å². The number of nitrogens with one attached hydrogen (secondary N) is 1. The summed E-state index contributed by atoms with van der Waals surface area (Å²) in [7, 11) is 0. The number of benzene rings is 1. The Balaban J connectivity index is 1.31. The summed E-state index contributed by atoms with van der Waals surface area (Å²) >= 11 is 0. The lowest BCUT2D eigenvalue weighted by Gasteiger charge is -2.34. The van der Waals surface area contributed by atoms with Gasteiger partial charge in [0.05, 0.1) is 16.9 Å². The highest BCUT2D eigenvalue weighted by molar-refractivity contribution is 6.23. The van der Waals surface area contributed by atoms with Crippen molar-refractivity contribution in [1.82, 2.24) is 10.2 Å². The third-order valence-corrected chi connectivity index (χ3v) is 7.51. The van der Waals surface area contributed by atoms with Gasteiger partial charge in [-0.1, -0.05) is 12.1 Å². The van der Waals surface area contributed by atoms with Crippen molar-refractivity contribution < 1.29 is 33.4 Å². The smallest absolute Gasteiger partial charge is 0.410 e. The second-order valence-electron chi connectivity index (χ2n) is 11.0. The number of likely N-dealkylation sites (tertiary alicyclic amines) is 1. The number of hydrogen-bond donors (Lipinski definition) is 1. The molecule has 1 saturated carbocycles. The van der Waals surface area contributed by atoms with Gasteiger partial charge in [0, 0.05) is 43.8 Å². The van der Waals surface area contributed by atoms with Gasteiger partial charge in [-0.2, -0.15) is 0 Å². The minimum atomic E-state index is -1.05. The fourth-order valence-corrected chi connectivity index (χ4v) is 5.74. The van der Waals surface area contributed by atoms with E-state index in [1.165, 1.54) is 0 Å². The van der Waals surface area contributed by atoms with Crippen molar-refractivity contribution in [2.45, 2.75) is 64.6 Å². The molecule has 0 bridgehead atoms. The van der Waals surface area contributed by atoms with Crippen LogP contribution in [0.15, 0.2) is 18.2 Å². The maximum Gasteiger partial charge on any atom is 0.410 e. The SMILES string of the molecule is CC(C)(C)OC(=O)N1CCC(Oc2cccc3c2C(=O)C2CC2(C2CCC(=O)NC2=O)C3=O)CC1. The molecule has 0 radical (unpaired) electrons. The topological polar surface area (TPSA) is 119 Å². The molecule has 3 fully saturated rings. The number of amides is 3. The average molecular weight is 483 g/mol. The molecule has 3 amide bonds. The molecule has 186 valence electrons. The molecule has 2 saturated heterocycles. The van der Waals surface area contributed by atoms with E-state index in [2.05, 4.69) is 5.32 Å². The number of piperidine rings is 2. The number of hydrogen-bond acceptors (Lipinski definition) is 7. The van der Waals surface area contributed by atoms with Crippen molar-refractivity contribution >= 4 is 29.5 Å². The van der Waals surface area contributed by atoms with Crippen molar-refractivity contribution in [2.24, 2.45) is 17.3 Å². The molecule has 2 heterocycles. The van der Waals surface area contributed by atoms with Gasteiger partial charge in [0.15, 0.2) is 11.6 Å². The first-order valence-corrected chi connectivity index (χ1v) is 12.2. The second-order valence-corrected chi connectivity index (χ2v) is 11.0. The van der Waals surface area contributed by atoms with Gasteiger partial charge >= 0.3 is 6.09 Å². The Morgan fingerprint density at radius 2 is 1.77 bits per heavy atom. The van der Waals surface area contributed by atoms with Gasteiger partial charge in [-0.15, -0.1) is 0 Å². The highest BCUT2D eigenvalue weighted by Gasteiger charge is 2.71. The number of rotatable bonds is 3. The van der Waals surface area contributed by atoms with E-state index in [1.54, 1.807) is 23.1 Å². The van der Waals surface area contributed by atoms with Gasteiger partial charge in [-0.25, -0.2) is 4.79 Å². The van der Waals surface area contributed by atoms with Crippen LogP contribution in [0.4, 0.5) is 4.79 Å². The first-order valence-electron chi connectivity index (χ1n) is 12.2. The number of nitrogens with zero attached hydrogens (tertiary/aromatic N) is 1. The molecule has 2 aliphatic carbocycles. The summed E-state index contributed by atoms with van der Waals surface area (Å²) in [4.78, 5) is 65.1. The molecular weight excluding hydrogens is 452 g/mol. The molecule has 4 aliphatic rings. The molecular formula is C26H30N2O7. The minimum absolute atomic E-state index is 0.171. The van der Waals surface area contributed by atoms with E-state index in [4.69, 9.17) is 9.47 Å². The molecule has 3 unspecified atom stereocenters. The van der Waals surface area contributed by atoms with Crippen molar-refractivity contribution in [3.8, 4) is 5.75 Å². The lowest BCUT2D eigenvalue weighted by molar-refractivity contribution is -0.137. The van der Waals surface area contributed by atoms with Gasteiger partial charge in [0.2, 0.25) is 11.8 Å². The summed E-state index contributed by atoms with van der Waals surface area (Å²) in [6, 6.07) is 5.01. The van der Waals surface area contributed by atoms with Crippen LogP contribution in [0.1, 0.15) is 73.6 Å². The summed E-state index contributed by atoms with van der Waals surface area (Å²) in [6.07, 6.45) is 1.37. The highest BCUT2D eigenvalue weighted by Crippen LogP contribution is 2.65. The predicted molar refractivity (Wildman–Crippen MR) is 123 cm³/mol. The number of Topliss-reactive ketones (excluding diaryl/α,β-unsaturated/α-hetero) is 2. The summed E-state index contributed by atoms with van der Waals surface area (Å²) in [5.74, 6) is -2.05. The van der Waals surface area contributed by atoms with Crippen molar-refractivity contribution in [3.63, 3.8) is 0 Å². The molecule has 9 heteroatoms. The quantitative estimate of drug-likeness (QED) is 0.658. The number of carbonyl (C=O) groups is 5. The molecule has 1 aromatic rings. The van der Waals surface area contributed by atoms with Crippen LogP contribution in [0.2, 0.25) is 0 Å². The zero-order valence-corrected chi connectivity index (χ0v) is 20.2. The predicted octanol–water partition coefficient (Wildman–Crippen LogP) is 2.90. The molecule has 3 atom stereocenters. The van der Waals surface area contributed by atoms with Crippen molar-refractivity contribution in [2.75, 3.05) is 13.1 Å². The lowest BCUT2D eigenvalue weighted by Crippen LogP contribution is -2.48. The molecule has 1 aromatic carbocycles. The second kappa shape index (κ2) is 8.17. The first-order chi connectivity index (χ1) is 16.5. The Kier molecular flexibility index (Phi) is 5.49. The van der Waals surface area contributed by atoms with E-state index < -0.39 is 28.8 Å². The molecule has 0 spiro atoms. The van der Waals surface area contributed by atoms with Crippen LogP contribution in [0.25, 0.3) is 0 Å². The van der Waals surface area contributed by atoms with Gasteiger partial charge in [0.25, 0.3) is 0 Å². The van der Waals surface area contributed by atoms with E-state index in [9.17, 15) is 24.0 Å². The van der Waals surface area contributed by atoms with Crippen LogP contribution in [-0.2, 0) is 14.3 Å². The molecule has 1 N–H and O–H groups in total. The third kappa shape index (κ3) is 4.00. The normalized spacial score (nSPS) is 28.7. The van der Waals surface area contributed by atoms with Crippen LogP contribution < -0.4 is 10.1 Å². The Bertz CT molecular complexity index is 1130. The van der Waals surface area contributed by atoms with Gasteiger partial charge < -0.3 is 14.4 Å². The lowest BCUT2D eigenvalue weighted by atomic mass is 9.71. The maximum atomic E-state index is 13.6. The van der Waals surface area contributed by atoms with E-state index >= 15 is 0 Å². The summed E-state index contributed by atoms with van der Waals surface area (Å²) in [5, 5.41) is 2.32. The van der Waals surface area contributed by atoms with E-state index in [0.29, 0.717) is 38.1 Å². The van der Waals surface area contributed by atoms with E-state index in [-0.39, 0.29) is 53.6 Å². The minimum Gasteiger partial charge on any atom is -0.490 e. The molecule has 9 nitrogen and oxygen atoms in total. The third-order valence-electron chi connectivity index (χ3n) is 7.51. The monoisotopic (exact) mass is 482 g/mol. The first kappa shape index (κ1) is 23.5. The van der Waals surface area contributed by atoms with Crippen LogP contribution in [-0.4, -0.2) is 59.2 Å².